The van der Waals surface area contributed by atoms with Gasteiger partial charge in [0.25, 0.3) is 5.56 Å². The average molecular weight is 330 g/mol. The minimum atomic E-state index is -0.516. The normalized spacial score (nSPS) is 10.7. The molecule has 7 heteroatoms. The van der Waals surface area contributed by atoms with Gasteiger partial charge in [0.2, 0.25) is 0 Å². The second kappa shape index (κ2) is 6.62. The number of aromatic nitrogens is 2. The zero-order valence-corrected chi connectivity index (χ0v) is 13.2. The number of nitrogens with zero attached hydrogens (tertiary/aromatic N) is 2. The van der Waals surface area contributed by atoms with Gasteiger partial charge in [-0.1, -0.05) is 18.2 Å². The zero-order chi connectivity index (χ0) is 16.2. The predicted molar refractivity (Wildman–Crippen MR) is 85.8 cm³/mol. The van der Waals surface area contributed by atoms with Crippen molar-refractivity contribution in [1.29, 1.82) is 0 Å². The van der Waals surface area contributed by atoms with E-state index < -0.39 is 5.97 Å². The van der Waals surface area contributed by atoms with Crippen molar-refractivity contribution in [2.75, 3.05) is 6.61 Å². The van der Waals surface area contributed by atoms with Crippen LogP contribution in [0.2, 0.25) is 0 Å². The molecule has 3 rings (SSSR count). The largest absolute Gasteiger partial charge is 0.482 e. The summed E-state index contributed by atoms with van der Waals surface area (Å²) in [5, 5.41) is 0. The topological polar surface area (TPSA) is 69.9 Å². The van der Waals surface area contributed by atoms with E-state index in [0.717, 1.165) is 4.88 Å². The van der Waals surface area contributed by atoms with E-state index in [2.05, 4.69) is 4.98 Å². The van der Waals surface area contributed by atoms with E-state index in [4.69, 9.17) is 9.47 Å². The van der Waals surface area contributed by atoms with Crippen LogP contribution >= 0.6 is 11.3 Å². The van der Waals surface area contributed by atoms with E-state index in [1.165, 1.54) is 21.8 Å². The van der Waals surface area contributed by atoms with Gasteiger partial charge in [-0.15, -0.1) is 11.3 Å². The van der Waals surface area contributed by atoms with Gasteiger partial charge in [-0.3, -0.25) is 9.20 Å². The van der Waals surface area contributed by atoms with Crippen LogP contribution in [0.5, 0.6) is 5.75 Å². The highest BCUT2D eigenvalue weighted by Crippen LogP contribution is 2.13. The van der Waals surface area contributed by atoms with Crippen molar-refractivity contribution in [3.63, 3.8) is 0 Å². The number of aryl methyl sites for hydroxylation is 1. The molecule has 23 heavy (non-hydrogen) atoms. The first-order chi connectivity index (χ1) is 11.1. The van der Waals surface area contributed by atoms with Crippen LogP contribution in [0.1, 0.15) is 10.6 Å². The highest BCUT2D eigenvalue weighted by molar-refractivity contribution is 7.16. The van der Waals surface area contributed by atoms with Gasteiger partial charge in [0.1, 0.15) is 12.4 Å². The van der Waals surface area contributed by atoms with Gasteiger partial charge in [0, 0.05) is 17.1 Å². The first-order valence-electron chi connectivity index (χ1n) is 6.94. The fourth-order valence-electron chi connectivity index (χ4n) is 1.99. The van der Waals surface area contributed by atoms with Crippen molar-refractivity contribution in [3.8, 4) is 5.75 Å². The summed E-state index contributed by atoms with van der Waals surface area (Å²) < 4.78 is 11.9. The second-order valence-corrected chi connectivity index (χ2v) is 6.06. The predicted octanol–water partition coefficient (Wildman–Crippen LogP) is 2.19. The zero-order valence-electron chi connectivity index (χ0n) is 12.4. The molecule has 1 aromatic carbocycles. The summed E-state index contributed by atoms with van der Waals surface area (Å²) in [6, 6.07) is 10.4. The number of para-hydroxylation sites is 1. The molecule has 3 aromatic rings. The number of fused-ring (bicyclic) bond motifs is 1. The summed E-state index contributed by atoms with van der Waals surface area (Å²) in [6.45, 7) is 1.66. The lowest BCUT2D eigenvalue weighted by Gasteiger charge is -2.06. The Morgan fingerprint density at radius 3 is 2.87 bits per heavy atom. The minimum absolute atomic E-state index is 0.0559. The number of esters is 1. The maximum atomic E-state index is 11.9. The first-order valence-corrected chi connectivity index (χ1v) is 7.76. The molecule has 0 aliphatic heterocycles. The highest BCUT2D eigenvalue weighted by Gasteiger charge is 2.09. The summed E-state index contributed by atoms with van der Waals surface area (Å²) in [5.41, 5.74) is 0.232. The number of rotatable bonds is 5. The van der Waals surface area contributed by atoms with Crippen LogP contribution in [0.15, 0.2) is 47.4 Å². The molecule has 0 spiro atoms. The van der Waals surface area contributed by atoms with Crippen LogP contribution in [-0.4, -0.2) is 22.0 Å². The van der Waals surface area contributed by atoms with Crippen molar-refractivity contribution in [1.82, 2.24) is 9.38 Å². The molecule has 0 radical (unpaired) electrons. The van der Waals surface area contributed by atoms with Gasteiger partial charge in [-0.25, -0.2) is 9.78 Å². The van der Waals surface area contributed by atoms with Crippen molar-refractivity contribution >= 4 is 22.3 Å². The molecule has 0 N–H and O–H groups in total. The molecule has 0 atom stereocenters. The van der Waals surface area contributed by atoms with Crippen molar-refractivity contribution in [2.24, 2.45) is 0 Å². The van der Waals surface area contributed by atoms with E-state index >= 15 is 0 Å². The van der Waals surface area contributed by atoms with Gasteiger partial charge in [0.05, 0.1) is 5.69 Å². The standard InChI is InChI=1S/C16H14N2O4S/c1-11-8-18-14(19)7-12(17-16(18)23-11)9-22-15(20)10-21-13-5-3-2-4-6-13/h2-8H,9-10H2,1H3. The van der Waals surface area contributed by atoms with Crippen molar-refractivity contribution in [3.05, 3.63) is 63.5 Å². The Labute approximate surface area is 135 Å². The molecular weight excluding hydrogens is 316 g/mol. The third-order valence-corrected chi connectivity index (χ3v) is 3.91. The Kier molecular flexibility index (Phi) is 4.38. The maximum Gasteiger partial charge on any atom is 0.344 e. The second-order valence-electron chi connectivity index (χ2n) is 4.84. The molecule has 0 fully saturated rings. The van der Waals surface area contributed by atoms with Crippen LogP contribution < -0.4 is 10.3 Å². The number of carbonyl (C=O) groups excluding carboxylic acids is 1. The molecule has 2 aromatic heterocycles. The maximum absolute atomic E-state index is 11.9. The molecule has 0 bridgehead atoms. The Morgan fingerprint density at radius 1 is 1.30 bits per heavy atom. The SMILES string of the molecule is Cc1cn2c(=O)cc(COC(=O)COc3ccccc3)nc2s1. The van der Waals surface area contributed by atoms with Gasteiger partial charge in [-0.05, 0) is 19.1 Å². The first kappa shape index (κ1) is 15.2. The number of carbonyl (C=O) groups is 1. The lowest BCUT2D eigenvalue weighted by Crippen LogP contribution is -2.17. The molecule has 6 nitrogen and oxygen atoms in total. The summed E-state index contributed by atoms with van der Waals surface area (Å²) in [7, 11) is 0. The van der Waals surface area contributed by atoms with E-state index in [-0.39, 0.29) is 18.8 Å². The summed E-state index contributed by atoms with van der Waals surface area (Å²) in [6.07, 6.45) is 1.73. The quantitative estimate of drug-likeness (QED) is 0.671. The number of thiazole rings is 1. The lowest BCUT2D eigenvalue weighted by molar-refractivity contribution is -0.147. The van der Waals surface area contributed by atoms with Crippen LogP contribution in [0, 0.1) is 6.92 Å². The number of ether oxygens (including phenoxy) is 2. The molecule has 0 aliphatic rings. The Bertz CT molecular complexity index is 886. The highest BCUT2D eigenvalue weighted by atomic mass is 32.1. The molecular formula is C16H14N2O4S. The summed E-state index contributed by atoms with van der Waals surface area (Å²) in [5.74, 6) is 0.0783. The van der Waals surface area contributed by atoms with Crippen molar-refractivity contribution in [2.45, 2.75) is 13.5 Å². The molecule has 2 heterocycles. The molecule has 0 saturated heterocycles. The molecule has 0 aliphatic carbocycles. The summed E-state index contributed by atoms with van der Waals surface area (Å²) >= 11 is 1.41. The van der Waals surface area contributed by atoms with Gasteiger partial charge in [0.15, 0.2) is 11.6 Å². The van der Waals surface area contributed by atoms with Crippen LogP contribution in [-0.2, 0) is 16.1 Å². The smallest absolute Gasteiger partial charge is 0.344 e. The fourth-order valence-corrected chi connectivity index (χ4v) is 2.84. The van der Waals surface area contributed by atoms with Crippen molar-refractivity contribution < 1.29 is 14.3 Å². The molecule has 0 amide bonds. The van der Waals surface area contributed by atoms with Gasteiger partial charge in [-0.2, -0.15) is 0 Å². The van der Waals surface area contributed by atoms with Crippen LogP contribution in [0.25, 0.3) is 4.96 Å². The fraction of sp³-hybridized carbons (Fsp3) is 0.188. The Balaban J connectivity index is 1.59. The third-order valence-electron chi connectivity index (χ3n) is 3.02. The molecule has 118 valence electrons. The number of hydrogen-bond acceptors (Lipinski definition) is 6. The number of benzene rings is 1. The van der Waals surface area contributed by atoms with E-state index in [1.54, 1.807) is 18.3 Å². The Hall–Kier alpha value is -2.67. The average Bonchev–Trinajstić information content (AvgIpc) is 2.93. The molecule has 0 saturated carbocycles. The molecule has 0 unspecified atom stereocenters. The third kappa shape index (κ3) is 3.75. The lowest BCUT2D eigenvalue weighted by atomic mass is 10.3. The summed E-state index contributed by atoms with van der Waals surface area (Å²) in [4.78, 5) is 29.5. The van der Waals surface area contributed by atoms with Crippen LogP contribution in [0.3, 0.4) is 0 Å². The van der Waals surface area contributed by atoms with E-state index in [0.29, 0.717) is 16.4 Å². The number of hydrogen-bond donors (Lipinski definition) is 0. The van der Waals surface area contributed by atoms with Crippen LogP contribution in [0.4, 0.5) is 0 Å². The van der Waals surface area contributed by atoms with Gasteiger partial charge < -0.3 is 9.47 Å². The van der Waals surface area contributed by atoms with Gasteiger partial charge >= 0.3 is 5.97 Å². The van der Waals surface area contributed by atoms with E-state index in [1.807, 2.05) is 25.1 Å². The Morgan fingerprint density at radius 2 is 2.09 bits per heavy atom. The monoisotopic (exact) mass is 330 g/mol. The van der Waals surface area contributed by atoms with E-state index in [9.17, 15) is 9.59 Å². The minimum Gasteiger partial charge on any atom is -0.482 e.